The summed E-state index contributed by atoms with van der Waals surface area (Å²) in [5.74, 6) is 3.87. The lowest BCUT2D eigenvalue weighted by Crippen LogP contribution is -2.34. The molecule has 100 valence electrons. The summed E-state index contributed by atoms with van der Waals surface area (Å²) < 4.78 is 0. The van der Waals surface area contributed by atoms with E-state index in [9.17, 15) is 4.79 Å². The van der Waals surface area contributed by atoms with Crippen LogP contribution < -0.4 is 10.6 Å². The predicted molar refractivity (Wildman–Crippen MR) is 79.0 cm³/mol. The summed E-state index contributed by atoms with van der Waals surface area (Å²) in [5, 5.41) is 6.98. The second-order valence-electron chi connectivity index (χ2n) is 4.58. The highest BCUT2D eigenvalue weighted by atomic mass is 32.2. The van der Waals surface area contributed by atoms with Crippen molar-refractivity contribution in [1.82, 2.24) is 10.6 Å². The molecule has 1 fully saturated rings. The SMILES string of the molecule is CC(C)NCCCC(=O)NCC1CSCCS1. The van der Waals surface area contributed by atoms with Gasteiger partial charge in [0.1, 0.15) is 0 Å². The Bertz CT molecular complexity index is 219. The van der Waals surface area contributed by atoms with E-state index in [0.29, 0.717) is 17.7 Å². The first kappa shape index (κ1) is 15.2. The number of carbonyl (C=O) groups is 1. The van der Waals surface area contributed by atoms with Gasteiger partial charge in [0.05, 0.1) is 0 Å². The Balaban J connectivity index is 1.96. The van der Waals surface area contributed by atoms with Crippen molar-refractivity contribution in [3.63, 3.8) is 0 Å². The minimum Gasteiger partial charge on any atom is -0.355 e. The van der Waals surface area contributed by atoms with Crippen LogP contribution in [0.15, 0.2) is 0 Å². The fourth-order valence-corrected chi connectivity index (χ4v) is 4.22. The van der Waals surface area contributed by atoms with Crippen LogP contribution in [0.25, 0.3) is 0 Å². The smallest absolute Gasteiger partial charge is 0.220 e. The number of hydrogen-bond donors (Lipinski definition) is 2. The van der Waals surface area contributed by atoms with E-state index in [4.69, 9.17) is 0 Å². The molecule has 17 heavy (non-hydrogen) atoms. The van der Waals surface area contributed by atoms with Crippen molar-refractivity contribution >= 4 is 29.4 Å². The van der Waals surface area contributed by atoms with Gasteiger partial charge in [-0.3, -0.25) is 4.79 Å². The molecule has 0 aromatic carbocycles. The van der Waals surface area contributed by atoms with E-state index in [0.717, 1.165) is 19.5 Å². The first-order chi connectivity index (χ1) is 8.18. The summed E-state index contributed by atoms with van der Waals surface area (Å²) in [6.45, 7) is 6.02. The van der Waals surface area contributed by atoms with Crippen LogP contribution in [0.1, 0.15) is 26.7 Å². The Morgan fingerprint density at radius 3 is 2.88 bits per heavy atom. The number of thioether (sulfide) groups is 2. The highest BCUT2D eigenvalue weighted by Gasteiger charge is 2.14. The monoisotopic (exact) mass is 276 g/mol. The Kier molecular flexibility index (Phi) is 8.14. The molecule has 5 heteroatoms. The van der Waals surface area contributed by atoms with Crippen LogP contribution >= 0.6 is 23.5 Å². The van der Waals surface area contributed by atoms with E-state index < -0.39 is 0 Å². The molecule has 2 N–H and O–H groups in total. The second kappa shape index (κ2) is 9.11. The third kappa shape index (κ3) is 7.95. The summed E-state index contributed by atoms with van der Waals surface area (Å²) in [7, 11) is 0. The van der Waals surface area contributed by atoms with Crippen molar-refractivity contribution < 1.29 is 4.79 Å². The Labute approximate surface area is 113 Å². The summed E-state index contributed by atoms with van der Waals surface area (Å²) in [4.78, 5) is 11.6. The summed E-state index contributed by atoms with van der Waals surface area (Å²) >= 11 is 3.99. The number of nitrogens with one attached hydrogen (secondary N) is 2. The Hall–Kier alpha value is 0.130. The van der Waals surface area contributed by atoms with Crippen molar-refractivity contribution in [1.29, 1.82) is 0 Å². The molecule has 1 unspecified atom stereocenters. The molecule has 1 heterocycles. The molecule has 3 nitrogen and oxygen atoms in total. The largest absolute Gasteiger partial charge is 0.355 e. The molecule has 0 spiro atoms. The van der Waals surface area contributed by atoms with Gasteiger partial charge in [0.25, 0.3) is 0 Å². The highest BCUT2D eigenvalue weighted by Crippen LogP contribution is 2.23. The highest BCUT2D eigenvalue weighted by molar-refractivity contribution is 8.06. The summed E-state index contributed by atoms with van der Waals surface area (Å²) in [6.07, 6.45) is 1.57. The molecular weight excluding hydrogens is 252 g/mol. The zero-order valence-electron chi connectivity index (χ0n) is 10.8. The molecule has 1 saturated heterocycles. The van der Waals surface area contributed by atoms with Crippen LogP contribution in [0.2, 0.25) is 0 Å². The van der Waals surface area contributed by atoms with Crippen LogP contribution in [-0.2, 0) is 4.79 Å². The van der Waals surface area contributed by atoms with Gasteiger partial charge in [0.15, 0.2) is 0 Å². The van der Waals surface area contributed by atoms with Crippen LogP contribution in [0.3, 0.4) is 0 Å². The van der Waals surface area contributed by atoms with E-state index in [-0.39, 0.29) is 5.91 Å². The Morgan fingerprint density at radius 1 is 1.41 bits per heavy atom. The van der Waals surface area contributed by atoms with Gasteiger partial charge in [-0.25, -0.2) is 0 Å². The maximum Gasteiger partial charge on any atom is 0.220 e. The van der Waals surface area contributed by atoms with Gasteiger partial charge in [0.2, 0.25) is 5.91 Å². The van der Waals surface area contributed by atoms with Crippen LogP contribution in [0.4, 0.5) is 0 Å². The fraction of sp³-hybridized carbons (Fsp3) is 0.917. The minimum atomic E-state index is 0.201. The van der Waals surface area contributed by atoms with Crippen molar-refractivity contribution in [3.05, 3.63) is 0 Å². The molecule has 1 aliphatic heterocycles. The predicted octanol–water partition coefficient (Wildman–Crippen LogP) is 1.73. The van der Waals surface area contributed by atoms with E-state index in [1.807, 2.05) is 23.5 Å². The second-order valence-corrected chi connectivity index (χ2v) is 7.14. The lowest BCUT2D eigenvalue weighted by atomic mass is 10.2. The van der Waals surface area contributed by atoms with E-state index in [1.165, 1.54) is 17.3 Å². The normalized spacial score (nSPS) is 20.5. The third-order valence-electron chi connectivity index (χ3n) is 2.55. The van der Waals surface area contributed by atoms with Gasteiger partial charge >= 0.3 is 0 Å². The number of carbonyl (C=O) groups excluding carboxylic acids is 1. The van der Waals surface area contributed by atoms with Gasteiger partial charge in [-0.2, -0.15) is 23.5 Å². The van der Waals surface area contributed by atoms with E-state index in [2.05, 4.69) is 24.5 Å². The first-order valence-corrected chi connectivity index (χ1v) is 8.58. The molecule has 0 aliphatic carbocycles. The van der Waals surface area contributed by atoms with Crippen molar-refractivity contribution in [2.45, 2.75) is 38.0 Å². The van der Waals surface area contributed by atoms with Gasteiger partial charge in [-0.15, -0.1) is 0 Å². The van der Waals surface area contributed by atoms with Gasteiger partial charge in [-0.1, -0.05) is 13.8 Å². The minimum absolute atomic E-state index is 0.201. The third-order valence-corrected chi connectivity index (χ3v) is 5.39. The topological polar surface area (TPSA) is 41.1 Å². The van der Waals surface area contributed by atoms with Crippen LogP contribution in [-0.4, -0.2) is 47.5 Å². The standard InChI is InChI=1S/C12H24N2OS2/c1-10(2)13-5-3-4-12(15)14-8-11-9-16-6-7-17-11/h10-11,13H,3-9H2,1-2H3,(H,14,15). The summed E-state index contributed by atoms with van der Waals surface area (Å²) in [6, 6.07) is 0.508. The van der Waals surface area contributed by atoms with Gasteiger partial charge in [0, 0.05) is 41.5 Å². The number of rotatable bonds is 7. The van der Waals surface area contributed by atoms with Crippen molar-refractivity contribution in [2.24, 2.45) is 0 Å². The molecule has 0 aromatic rings. The molecule has 1 rings (SSSR count). The van der Waals surface area contributed by atoms with Crippen molar-refractivity contribution in [2.75, 3.05) is 30.3 Å². The molecule has 1 amide bonds. The Morgan fingerprint density at radius 2 is 2.24 bits per heavy atom. The quantitative estimate of drug-likeness (QED) is 0.695. The number of amides is 1. The zero-order valence-corrected chi connectivity index (χ0v) is 12.5. The molecule has 0 bridgehead atoms. The van der Waals surface area contributed by atoms with Crippen molar-refractivity contribution in [3.8, 4) is 0 Å². The van der Waals surface area contributed by atoms with E-state index in [1.54, 1.807) is 0 Å². The molecular formula is C12H24N2OS2. The van der Waals surface area contributed by atoms with Gasteiger partial charge < -0.3 is 10.6 Å². The summed E-state index contributed by atoms with van der Waals surface area (Å²) in [5.41, 5.74) is 0. The average Bonchev–Trinajstić information content (AvgIpc) is 2.33. The zero-order chi connectivity index (χ0) is 12.5. The van der Waals surface area contributed by atoms with Crippen LogP contribution in [0, 0.1) is 0 Å². The average molecular weight is 276 g/mol. The number of hydrogen-bond acceptors (Lipinski definition) is 4. The lowest BCUT2D eigenvalue weighted by Gasteiger charge is -2.21. The first-order valence-electron chi connectivity index (χ1n) is 6.38. The lowest BCUT2D eigenvalue weighted by molar-refractivity contribution is -0.121. The maximum atomic E-state index is 11.6. The molecule has 1 aliphatic rings. The fourth-order valence-electron chi connectivity index (χ4n) is 1.61. The maximum absolute atomic E-state index is 11.6. The molecule has 0 aromatic heterocycles. The van der Waals surface area contributed by atoms with Gasteiger partial charge in [-0.05, 0) is 13.0 Å². The molecule has 0 saturated carbocycles. The van der Waals surface area contributed by atoms with Crippen LogP contribution in [0.5, 0.6) is 0 Å². The molecule has 0 radical (unpaired) electrons. The molecule has 1 atom stereocenters. The van der Waals surface area contributed by atoms with E-state index >= 15 is 0 Å².